The van der Waals surface area contributed by atoms with E-state index in [2.05, 4.69) is 10.1 Å². The van der Waals surface area contributed by atoms with Crippen LogP contribution in [0, 0.1) is 12.8 Å². The minimum absolute atomic E-state index is 0.0715. The second kappa shape index (κ2) is 7.43. The fraction of sp³-hybridized carbons (Fsp3) is 0.579. The van der Waals surface area contributed by atoms with Crippen molar-refractivity contribution in [3.8, 4) is 0 Å². The molecule has 7 nitrogen and oxygen atoms in total. The number of pyridine rings is 1. The Hall–Kier alpha value is -2.44. The molecule has 0 spiro atoms. The van der Waals surface area contributed by atoms with Crippen LogP contribution in [0.15, 0.2) is 12.3 Å². The minimum atomic E-state index is -0.246. The normalized spacial score (nSPS) is 17.7. The molecule has 7 heteroatoms. The topological polar surface area (TPSA) is 77.3 Å². The van der Waals surface area contributed by atoms with Gasteiger partial charge in [0.2, 0.25) is 0 Å². The second-order valence-corrected chi connectivity index (χ2v) is 7.07. The van der Waals surface area contributed by atoms with Gasteiger partial charge in [0, 0.05) is 24.8 Å². The van der Waals surface area contributed by atoms with Gasteiger partial charge in [-0.25, -0.2) is 9.67 Å². The molecule has 2 aromatic rings. The van der Waals surface area contributed by atoms with Gasteiger partial charge in [0.05, 0.1) is 29.7 Å². The van der Waals surface area contributed by atoms with E-state index in [0.717, 1.165) is 29.6 Å². The maximum atomic E-state index is 13.2. The summed E-state index contributed by atoms with van der Waals surface area (Å²) in [4.78, 5) is 31.6. The van der Waals surface area contributed by atoms with Gasteiger partial charge in [0.15, 0.2) is 5.65 Å². The summed E-state index contributed by atoms with van der Waals surface area (Å²) in [5.41, 5.74) is 2.11. The Bertz CT molecular complexity index is 828. The molecule has 0 N–H and O–H groups in total. The molecule has 0 saturated carbocycles. The van der Waals surface area contributed by atoms with E-state index in [0.29, 0.717) is 25.3 Å². The maximum Gasteiger partial charge on any atom is 0.310 e. The number of nitrogens with zero attached hydrogens (tertiary/aromatic N) is 4. The van der Waals surface area contributed by atoms with Crippen LogP contribution in [0.2, 0.25) is 0 Å². The second-order valence-electron chi connectivity index (χ2n) is 7.07. The monoisotopic (exact) mass is 358 g/mol. The maximum absolute atomic E-state index is 13.2. The molecule has 140 valence electrons. The summed E-state index contributed by atoms with van der Waals surface area (Å²) in [7, 11) is 0. The Morgan fingerprint density at radius 1 is 1.38 bits per heavy atom. The Morgan fingerprint density at radius 3 is 2.85 bits per heavy atom. The molecule has 1 fully saturated rings. The van der Waals surface area contributed by atoms with Crippen molar-refractivity contribution >= 4 is 22.9 Å². The van der Waals surface area contributed by atoms with E-state index >= 15 is 0 Å². The third kappa shape index (κ3) is 3.43. The van der Waals surface area contributed by atoms with E-state index in [4.69, 9.17) is 4.74 Å². The van der Waals surface area contributed by atoms with Crippen LogP contribution in [0.1, 0.15) is 55.7 Å². The molecule has 1 unspecified atom stereocenters. The van der Waals surface area contributed by atoms with E-state index in [-0.39, 0.29) is 23.8 Å². The van der Waals surface area contributed by atoms with E-state index in [1.165, 1.54) is 0 Å². The fourth-order valence-electron chi connectivity index (χ4n) is 3.48. The van der Waals surface area contributed by atoms with E-state index in [1.54, 1.807) is 18.0 Å². The van der Waals surface area contributed by atoms with Gasteiger partial charge in [-0.15, -0.1) is 0 Å². The number of ether oxygens (including phenoxy) is 1. The van der Waals surface area contributed by atoms with Crippen LogP contribution in [0.3, 0.4) is 0 Å². The number of rotatable bonds is 4. The summed E-state index contributed by atoms with van der Waals surface area (Å²) in [5.74, 6) is -0.532. The number of aromatic nitrogens is 3. The lowest BCUT2D eigenvalue weighted by Gasteiger charge is -2.31. The zero-order valence-electron chi connectivity index (χ0n) is 15.9. The quantitative estimate of drug-likeness (QED) is 0.786. The summed E-state index contributed by atoms with van der Waals surface area (Å²) >= 11 is 0. The molecule has 0 aliphatic carbocycles. The summed E-state index contributed by atoms with van der Waals surface area (Å²) in [5, 5.41) is 5.16. The van der Waals surface area contributed by atoms with Crippen LogP contribution >= 0.6 is 0 Å². The number of amides is 1. The Kier molecular flexibility index (Phi) is 5.25. The Labute approximate surface area is 153 Å². The lowest BCUT2D eigenvalue weighted by molar-refractivity contribution is -0.149. The van der Waals surface area contributed by atoms with Crippen molar-refractivity contribution in [2.45, 2.75) is 46.6 Å². The van der Waals surface area contributed by atoms with Crippen LogP contribution in [0.4, 0.5) is 0 Å². The molecule has 3 heterocycles. The fourth-order valence-corrected chi connectivity index (χ4v) is 3.48. The number of likely N-dealkylation sites (tertiary alicyclic amines) is 1. The summed E-state index contributed by atoms with van der Waals surface area (Å²) < 4.78 is 6.96. The molecule has 1 aliphatic heterocycles. The number of carbonyl (C=O) groups is 2. The van der Waals surface area contributed by atoms with Gasteiger partial charge < -0.3 is 9.64 Å². The lowest BCUT2D eigenvalue weighted by Crippen LogP contribution is -2.42. The number of aryl methyl sites for hydroxylation is 1. The van der Waals surface area contributed by atoms with Crippen molar-refractivity contribution in [3.05, 3.63) is 23.5 Å². The van der Waals surface area contributed by atoms with E-state index in [1.807, 2.05) is 31.5 Å². The van der Waals surface area contributed by atoms with Crippen molar-refractivity contribution in [2.24, 2.45) is 5.92 Å². The van der Waals surface area contributed by atoms with Crippen molar-refractivity contribution in [3.63, 3.8) is 0 Å². The van der Waals surface area contributed by atoms with Crippen LogP contribution < -0.4 is 0 Å². The molecule has 1 atom stereocenters. The Morgan fingerprint density at radius 2 is 2.15 bits per heavy atom. The Balaban J connectivity index is 1.91. The zero-order chi connectivity index (χ0) is 18.8. The molecule has 26 heavy (non-hydrogen) atoms. The van der Waals surface area contributed by atoms with Gasteiger partial charge >= 0.3 is 5.97 Å². The lowest BCUT2D eigenvalue weighted by atomic mass is 9.97. The van der Waals surface area contributed by atoms with Gasteiger partial charge in [-0.3, -0.25) is 9.59 Å². The van der Waals surface area contributed by atoms with Crippen molar-refractivity contribution in [1.82, 2.24) is 19.7 Å². The first kappa shape index (κ1) is 18.4. The number of hydrogen-bond acceptors (Lipinski definition) is 5. The van der Waals surface area contributed by atoms with Crippen LogP contribution in [-0.2, 0) is 9.53 Å². The molecule has 0 radical (unpaired) electrons. The first-order valence-corrected chi connectivity index (χ1v) is 9.23. The van der Waals surface area contributed by atoms with Crippen molar-refractivity contribution in [1.29, 1.82) is 0 Å². The SMILES string of the molecule is CCOC(=O)C1CCCN(C(=O)c2cc(C)nc3c2cnn3C(C)C)C1. The van der Waals surface area contributed by atoms with Gasteiger partial charge in [0.1, 0.15) is 0 Å². The summed E-state index contributed by atoms with van der Waals surface area (Å²) in [6.45, 7) is 9.16. The van der Waals surface area contributed by atoms with Crippen LogP contribution in [0.5, 0.6) is 0 Å². The minimum Gasteiger partial charge on any atom is -0.466 e. The first-order valence-electron chi connectivity index (χ1n) is 9.23. The van der Waals surface area contributed by atoms with Crippen molar-refractivity contribution < 1.29 is 14.3 Å². The average molecular weight is 358 g/mol. The highest BCUT2D eigenvalue weighted by Crippen LogP contribution is 2.25. The number of piperidine rings is 1. The number of carbonyl (C=O) groups excluding carboxylic acids is 2. The number of hydrogen-bond donors (Lipinski definition) is 0. The van der Waals surface area contributed by atoms with Crippen molar-refractivity contribution in [2.75, 3.05) is 19.7 Å². The number of esters is 1. The standard InChI is InChI=1S/C19H26N4O3/c1-5-26-19(25)14-7-6-8-22(11-14)18(24)15-9-13(4)21-17-16(15)10-20-23(17)12(2)3/h9-10,12,14H,5-8,11H2,1-4H3. The molecular formula is C19H26N4O3. The molecule has 2 aromatic heterocycles. The van der Waals surface area contributed by atoms with Gasteiger partial charge in [0.25, 0.3) is 5.91 Å². The third-order valence-electron chi connectivity index (χ3n) is 4.74. The summed E-state index contributed by atoms with van der Waals surface area (Å²) in [6, 6.07) is 1.97. The zero-order valence-corrected chi connectivity index (χ0v) is 15.9. The smallest absolute Gasteiger partial charge is 0.310 e. The molecule has 0 aromatic carbocycles. The van der Waals surface area contributed by atoms with Gasteiger partial charge in [-0.05, 0) is 46.6 Å². The third-order valence-corrected chi connectivity index (χ3v) is 4.74. The highest BCUT2D eigenvalue weighted by Gasteiger charge is 2.31. The van der Waals surface area contributed by atoms with E-state index < -0.39 is 0 Å². The number of fused-ring (bicyclic) bond motifs is 1. The predicted molar refractivity (Wildman–Crippen MR) is 97.9 cm³/mol. The van der Waals surface area contributed by atoms with Gasteiger partial charge in [-0.1, -0.05) is 0 Å². The molecule has 1 saturated heterocycles. The van der Waals surface area contributed by atoms with Crippen LogP contribution in [0.25, 0.3) is 11.0 Å². The molecule has 0 bridgehead atoms. The molecule has 1 aliphatic rings. The largest absolute Gasteiger partial charge is 0.466 e. The van der Waals surface area contributed by atoms with Crippen LogP contribution in [-0.4, -0.2) is 51.2 Å². The highest BCUT2D eigenvalue weighted by molar-refractivity contribution is 6.05. The van der Waals surface area contributed by atoms with Gasteiger partial charge in [-0.2, -0.15) is 5.10 Å². The first-order chi connectivity index (χ1) is 12.4. The molecular weight excluding hydrogens is 332 g/mol. The van der Waals surface area contributed by atoms with E-state index in [9.17, 15) is 9.59 Å². The predicted octanol–water partition coefficient (Wildman–Crippen LogP) is 2.74. The molecule has 3 rings (SSSR count). The highest BCUT2D eigenvalue weighted by atomic mass is 16.5. The summed E-state index contributed by atoms with van der Waals surface area (Å²) in [6.07, 6.45) is 3.27. The average Bonchev–Trinajstić information content (AvgIpc) is 3.04. The molecule has 1 amide bonds.